The van der Waals surface area contributed by atoms with E-state index in [2.05, 4.69) is 52.4 Å². The van der Waals surface area contributed by atoms with Crippen LogP contribution in [-0.2, 0) is 4.79 Å². The van der Waals surface area contributed by atoms with E-state index in [0.29, 0.717) is 16.9 Å². The molecular weight excluding hydrogens is 342 g/mol. The minimum atomic E-state index is -0.115. The number of fused-ring (bicyclic) bond motifs is 1. The number of amides is 1. The van der Waals surface area contributed by atoms with Crippen LogP contribution in [0.15, 0.2) is 30.7 Å². The predicted octanol–water partition coefficient (Wildman–Crippen LogP) is 2.87. The van der Waals surface area contributed by atoms with Gasteiger partial charge in [-0.2, -0.15) is 5.10 Å². The van der Waals surface area contributed by atoms with Crippen LogP contribution in [0.2, 0.25) is 0 Å². The second-order valence-corrected chi connectivity index (χ2v) is 7.16. The van der Waals surface area contributed by atoms with E-state index in [9.17, 15) is 4.79 Å². The summed E-state index contributed by atoms with van der Waals surface area (Å²) in [7, 11) is 0. The minimum absolute atomic E-state index is 0.0582. The van der Waals surface area contributed by atoms with Gasteiger partial charge in [-0.1, -0.05) is 18.9 Å². The summed E-state index contributed by atoms with van der Waals surface area (Å²) in [6, 6.07) is 6.49. The number of hydrogen-bond acceptors (Lipinski definition) is 5. The number of nitrogens with zero attached hydrogens (tertiary/aromatic N) is 4. The molecule has 4 rings (SSSR count). The van der Waals surface area contributed by atoms with Crippen molar-refractivity contribution >= 4 is 16.9 Å². The van der Waals surface area contributed by atoms with Crippen molar-refractivity contribution in [2.75, 3.05) is 6.61 Å². The Bertz CT molecular complexity index is 955. The Morgan fingerprint density at radius 3 is 2.67 bits per heavy atom. The normalized spacial score (nSPS) is 14.6. The lowest BCUT2D eigenvalue weighted by molar-refractivity contribution is -0.123. The van der Waals surface area contributed by atoms with Gasteiger partial charge in [0.15, 0.2) is 12.3 Å². The van der Waals surface area contributed by atoms with Crippen LogP contribution in [0.5, 0.6) is 5.88 Å². The third-order valence-corrected chi connectivity index (χ3v) is 4.84. The summed E-state index contributed by atoms with van der Waals surface area (Å²) < 4.78 is 7.44. The zero-order valence-corrected chi connectivity index (χ0v) is 15.6. The number of carbonyl (C=O) groups is 1. The lowest BCUT2D eigenvalue weighted by Gasteiger charge is -2.12. The number of aromatic nitrogens is 4. The highest BCUT2D eigenvalue weighted by Crippen LogP contribution is 2.24. The maximum Gasteiger partial charge on any atom is 0.258 e. The fourth-order valence-electron chi connectivity index (χ4n) is 3.67. The van der Waals surface area contributed by atoms with Crippen molar-refractivity contribution in [2.24, 2.45) is 0 Å². The number of nitrogens with one attached hydrogen (secondary N) is 1. The zero-order chi connectivity index (χ0) is 18.8. The van der Waals surface area contributed by atoms with Gasteiger partial charge in [0.1, 0.15) is 11.7 Å². The van der Waals surface area contributed by atoms with Gasteiger partial charge in [0, 0.05) is 6.04 Å². The minimum Gasteiger partial charge on any atom is -0.467 e. The van der Waals surface area contributed by atoms with E-state index < -0.39 is 0 Å². The van der Waals surface area contributed by atoms with Gasteiger partial charge < -0.3 is 10.1 Å². The highest BCUT2D eigenvalue weighted by molar-refractivity contribution is 5.82. The Hall–Kier alpha value is -2.96. The van der Waals surface area contributed by atoms with E-state index in [1.165, 1.54) is 19.2 Å². The molecule has 0 unspecified atom stereocenters. The molecule has 7 nitrogen and oxygen atoms in total. The molecule has 0 saturated heterocycles. The maximum atomic E-state index is 12.1. The Labute approximate surface area is 157 Å². The second-order valence-electron chi connectivity index (χ2n) is 7.16. The Morgan fingerprint density at radius 2 is 1.93 bits per heavy atom. The van der Waals surface area contributed by atoms with Crippen LogP contribution in [0.4, 0.5) is 0 Å². The monoisotopic (exact) mass is 365 g/mol. The lowest BCUT2D eigenvalue weighted by Crippen LogP contribution is -2.36. The number of carbonyl (C=O) groups excluding carboxylic acids is 1. The van der Waals surface area contributed by atoms with Crippen LogP contribution in [0.3, 0.4) is 0 Å². The van der Waals surface area contributed by atoms with Gasteiger partial charge in [0.05, 0.1) is 11.9 Å². The summed E-state index contributed by atoms with van der Waals surface area (Å²) in [6.45, 7) is 4.04. The molecule has 0 radical (unpaired) electrons. The van der Waals surface area contributed by atoms with Gasteiger partial charge >= 0.3 is 0 Å². The van der Waals surface area contributed by atoms with Crippen LogP contribution in [0, 0.1) is 13.8 Å². The highest BCUT2D eigenvalue weighted by atomic mass is 16.5. The molecule has 1 amide bonds. The molecule has 7 heteroatoms. The molecule has 1 fully saturated rings. The van der Waals surface area contributed by atoms with Crippen molar-refractivity contribution < 1.29 is 9.53 Å². The number of rotatable bonds is 5. The third kappa shape index (κ3) is 3.77. The first-order valence-corrected chi connectivity index (χ1v) is 9.30. The summed E-state index contributed by atoms with van der Waals surface area (Å²) in [5.41, 5.74) is 3.90. The van der Waals surface area contributed by atoms with Gasteiger partial charge in [0.2, 0.25) is 5.88 Å². The molecule has 2 heterocycles. The van der Waals surface area contributed by atoms with E-state index in [4.69, 9.17) is 4.74 Å². The highest BCUT2D eigenvalue weighted by Gasteiger charge is 2.18. The summed E-state index contributed by atoms with van der Waals surface area (Å²) in [5.74, 6) is 0.257. The maximum absolute atomic E-state index is 12.1. The summed E-state index contributed by atoms with van der Waals surface area (Å²) in [4.78, 5) is 20.7. The lowest BCUT2D eigenvalue weighted by atomic mass is 10.1. The molecular formula is C20H23N5O2. The summed E-state index contributed by atoms with van der Waals surface area (Å²) in [5, 5.41) is 8.15. The Morgan fingerprint density at radius 1 is 1.19 bits per heavy atom. The molecule has 0 spiro atoms. The van der Waals surface area contributed by atoms with Gasteiger partial charge in [-0.25, -0.2) is 14.6 Å². The Kier molecular flexibility index (Phi) is 4.75. The van der Waals surface area contributed by atoms with Gasteiger partial charge in [-0.15, -0.1) is 0 Å². The zero-order valence-electron chi connectivity index (χ0n) is 15.6. The van der Waals surface area contributed by atoms with Crippen LogP contribution in [0.25, 0.3) is 16.7 Å². The van der Waals surface area contributed by atoms with Crippen molar-refractivity contribution in [1.82, 2.24) is 25.1 Å². The van der Waals surface area contributed by atoms with Crippen LogP contribution < -0.4 is 10.1 Å². The molecule has 140 valence electrons. The molecule has 1 saturated carbocycles. The van der Waals surface area contributed by atoms with Crippen molar-refractivity contribution in [2.45, 2.75) is 45.6 Å². The first kappa shape index (κ1) is 17.5. The predicted molar refractivity (Wildman–Crippen MR) is 102 cm³/mol. The van der Waals surface area contributed by atoms with E-state index in [0.717, 1.165) is 29.7 Å². The number of ether oxygens (including phenoxy) is 1. The van der Waals surface area contributed by atoms with Crippen LogP contribution >= 0.6 is 0 Å². The molecule has 1 aliphatic carbocycles. The number of benzene rings is 1. The average molecular weight is 365 g/mol. The molecule has 1 aliphatic rings. The summed E-state index contributed by atoms with van der Waals surface area (Å²) in [6.07, 6.45) is 7.56. The average Bonchev–Trinajstić information content (AvgIpc) is 3.28. The molecule has 3 aromatic rings. The quantitative estimate of drug-likeness (QED) is 0.752. The van der Waals surface area contributed by atoms with Crippen LogP contribution in [-0.4, -0.2) is 38.3 Å². The molecule has 0 bridgehead atoms. The summed E-state index contributed by atoms with van der Waals surface area (Å²) >= 11 is 0. The SMILES string of the molecule is Cc1cc(C)cc(-n2ncc3c(OCC(=O)NC4CCCC4)ncnc32)c1. The van der Waals surface area contributed by atoms with E-state index in [1.54, 1.807) is 10.9 Å². The topological polar surface area (TPSA) is 81.9 Å². The molecule has 1 aromatic carbocycles. The van der Waals surface area contributed by atoms with Crippen molar-refractivity contribution in [3.63, 3.8) is 0 Å². The second kappa shape index (κ2) is 7.34. The van der Waals surface area contributed by atoms with Crippen molar-refractivity contribution in [3.8, 4) is 11.6 Å². The van der Waals surface area contributed by atoms with Crippen LogP contribution in [0.1, 0.15) is 36.8 Å². The number of hydrogen-bond donors (Lipinski definition) is 1. The first-order chi connectivity index (χ1) is 13.1. The molecule has 0 aliphatic heterocycles. The standard InChI is InChI=1S/C20H23N5O2/c1-13-7-14(2)9-16(8-13)25-19-17(10-23-25)20(22-12-21-19)27-11-18(26)24-15-5-3-4-6-15/h7-10,12,15H,3-6,11H2,1-2H3,(H,24,26). The fourth-order valence-corrected chi connectivity index (χ4v) is 3.67. The fraction of sp³-hybridized carbons (Fsp3) is 0.400. The smallest absolute Gasteiger partial charge is 0.258 e. The van der Waals surface area contributed by atoms with E-state index >= 15 is 0 Å². The first-order valence-electron chi connectivity index (χ1n) is 9.30. The van der Waals surface area contributed by atoms with Gasteiger partial charge in [-0.3, -0.25) is 4.79 Å². The molecule has 0 atom stereocenters. The van der Waals surface area contributed by atoms with E-state index in [1.807, 2.05) is 0 Å². The number of aryl methyl sites for hydroxylation is 2. The molecule has 27 heavy (non-hydrogen) atoms. The van der Waals surface area contributed by atoms with E-state index in [-0.39, 0.29) is 18.6 Å². The molecule has 2 aromatic heterocycles. The van der Waals surface area contributed by atoms with Gasteiger partial charge in [0.25, 0.3) is 5.91 Å². The third-order valence-electron chi connectivity index (χ3n) is 4.84. The largest absolute Gasteiger partial charge is 0.467 e. The molecule has 1 N–H and O–H groups in total. The Balaban J connectivity index is 1.54. The van der Waals surface area contributed by atoms with Gasteiger partial charge in [-0.05, 0) is 49.9 Å². The van der Waals surface area contributed by atoms with Crippen molar-refractivity contribution in [3.05, 3.63) is 41.9 Å². The van der Waals surface area contributed by atoms with Crippen molar-refractivity contribution in [1.29, 1.82) is 0 Å².